The minimum Gasteiger partial charge on any atom is -0.339 e. The van der Waals surface area contributed by atoms with Crippen molar-refractivity contribution >= 4 is 32.7 Å². The lowest BCUT2D eigenvalue weighted by Gasteiger charge is -2.15. The molecule has 2 aromatic rings. The van der Waals surface area contributed by atoms with E-state index in [1.54, 1.807) is 11.9 Å². The maximum atomic E-state index is 12.2. The van der Waals surface area contributed by atoms with Gasteiger partial charge in [0.1, 0.15) is 0 Å². The van der Waals surface area contributed by atoms with Crippen molar-refractivity contribution in [3.63, 3.8) is 0 Å². The number of benzene rings is 1. The van der Waals surface area contributed by atoms with Crippen LogP contribution in [0.1, 0.15) is 10.5 Å². The van der Waals surface area contributed by atoms with Gasteiger partial charge in [0.15, 0.2) is 5.69 Å². The van der Waals surface area contributed by atoms with Crippen molar-refractivity contribution in [2.24, 2.45) is 0 Å². The molecule has 0 atom stereocenters. The van der Waals surface area contributed by atoms with E-state index in [1.807, 2.05) is 25.2 Å². The lowest BCUT2D eigenvalue weighted by molar-refractivity contribution is 0.0793. The number of likely N-dealkylation sites (N-methyl/N-ethyl adjacent to an activating group) is 2. The smallest absolute Gasteiger partial charge is 0.274 e. The van der Waals surface area contributed by atoms with Gasteiger partial charge in [-0.25, -0.2) is 0 Å². The van der Waals surface area contributed by atoms with Gasteiger partial charge in [0.25, 0.3) is 5.91 Å². The lowest BCUT2D eigenvalue weighted by atomic mass is 10.2. The zero-order valence-corrected chi connectivity index (χ0v) is 11.9. The molecule has 1 aromatic heterocycles. The molecule has 2 rings (SSSR count). The van der Waals surface area contributed by atoms with E-state index in [-0.39, 0.29) is 5.91 Å². The maximum Gasteiger partial charge on any atom is 0.274 e. The van der Waals surface area contributed by atoms with Crippen LogP contribution in [-0.4, -0.2) is 48.2 Å². The number of aromatic amines is 1. The van der Waals surface area contributed by atoms with Gasteiger partial charge in [-0.2, -0.15) is 5.10 Å². The molecule has 0 radical (unpaired) electrons. The Kier molecular flexibility index (Phi) is 3.98. The topological polar surface area (TPSA) is 61.0 Å². The summed E-state index contributed by atoms with van der Waals surface area (Å²) >= 11 is 3.40. The highest BCUT2D eigenvalue weighted by Crippen LogP contribution is 2.21. The van der Waals surface area contributed by atoms with Crippen molar-refractivity contribution in [3.8, 4) is 0 Å². The summed E-state index contributed by atoms with van der Waals surface area (Å²) in [5.74, 6) is -0.0744. The van der Waals surface area contributed by atoms with E-state index in [2.05, 4.69) is 31.4 Å². The molecule has 0 aliphatic carbocycles. The Morgan fingerprint density at radius 1 is 1.56 bits per heavy atom. The standard InChI is InChI=1S/C12H15BrN4O/c1-14-5-6-17(2)12(18)11-9-7-8(13)3-4-10(9)15-16-11/h3-4,7,14H,5-6H2,1-2H3,(H,15,16). The molecular formula is C12H15BrN4O. The third kappa shape index (κ3) is 2.54. The molecule has 0 saturated carbocycles. The zero-order chi connectivity index (χ0) is 13.1. The van der Waals surface area contributed by atoms with Crippen LogP contribution in [0.4, 0.5) is 0 Å². The maximum absolute atomic E-state index is 12.2. The number of carbonyl (C=O) groups is 1. The van der Waals surface area contributed by atoms with Gasteiger partial charge in [0.05, 0.1) is 5.52 Å². The number of rotatable bonds is 4. The second kappa shape index (κ2) is 5.49. The number of amides is 1. The number of H-pyrrole nitrogens is 1. The predicted octanol–water partition coefficient (Wildman–Crippen LogP) is 1.62. The molecule has 0 bridgehead atoms. The van der Waals surface area contributed by atoms with Gasteiger partial charge in [-0.3, -0.25) is 9.89 Å². The van der Waals surface area contributed by atoms with Gasteiger partial charge in [-0.05, 0) is 25.2 Å². The SMILES string of the molecule is CNCCN(C)C(=O)c1n[nH]c2ccc(Br)cc12. The number of halogens is 1. The molecule has 1 heterocycles. The molecule has 1 amide bonds. The van der Waals surface area contributed by atoms with E-state index in [4.69, 9.17) is 0 Å². The molecule has 2 N–H and O–H groups in total. The summed E-state index contributed by atoms with van der Waals surface area (Å²) in [5.41, 5.74) is 1.33. The molecule has 96 valence electrons. The average molecular weight is 311 g/mol. The molecule has 0 unspecified atom stereocenters. The van der Waals surface area contributed by atoms with Crippen LogP contribution >= 0.6 is 15.9 Å². The Balaban J connectivity index is 2.30. The van der Waals surface area contributed by atoms with Crippen molar-refractivity contribution < 1.29 is 4.79 Å². The number of fused-ring (bicyclic) bond motifs is 1. The van der Waals surface area contributed by atoms with Gasteiger partial charge in [0.2, 0.25) is 0 Å². The molecule has 0 aliphatic heterocycles. The van der Waals surface area contributed by atoms with Gasteiger partial charge >= 0.3 is 0 Å². The van der Waals surface area contributed by atoms with Gasteiger partial charge < -0.3 is 10.2 Å². The Hall–Kier alpha value is -1.40. The predicted molar refractivity (Wildman–Crippen MR) is 74.7 cm³/mol. The van der Waals surface area contributed by atoms with Crippen molar-refractivity contribution in [1.29, 1.82) is 0 Å². The number of nitrogens with zero attached hydrogens (tertiary/aromatic N) is 2. The highest BCUT2D eigenvalue weighted by molar-refractivity contribution is 9.10. The minimum atomic E-state index is -0.0744. The average Bonchev–Trinajstić information content (AvgIpc) is 2.77. The van der Waals surface area contributed by atoms with Gasteiger partial charge in [-0.1, -0.05) is 15.9 Å². The van der Waals surface area contributed by atoms with Crippen molar-refractivity contribution in [2.75, 3.05) is 27.2 Å². The first-order valence-electron chi connectivity index (χ1n) is 5.67. The highest BCUT2D eigenvalue weighted by Gasteiger charge is 2.17. The Morgan fingerprint density at radius 2 is 2.33 bits per heavy atom. The second-order valence-electron chi connectivity index (χ2n) is 4.09. The number of aromatic nitrogens is 2. The molecule has 0 fully saturated rings. The quantitative estimate of drug-likeness (QED) is 0.902. The Bertz CT molecular complexity index is 566. The highest BCUT2D eigenvalue weighted by atomic mass is 79.9. The third-order valence-corrected chi connectivity index (χ3v) is 3.26. The summed E-state index contributed by atoms with van der Waals surface area (Å²) in [7, 11) is 3.64. The minimum absolute atomic E-state index is 0.0744. The van der Waals surface area contributed by atoms with Crippen molar-refractivity contribution in [1.82, 2.24) is 20.4 Å². The van der Waals surface area contributed by atoms with Crippen LogP contribution < -0.4 is 5.32 Å². The summed E-state index contributed by atoms with van der Waals surface area (Å²) in [4.78, 5) is 13.9. The zero-order valence-electron chi connectivity index (χ0n) is 10.3. The molecule has 1 aromatic carbocycles. The first kappa shape index (κ1) is 13.0. The molecule has 6 heteroatoms. The Morgan fingerprint density at radius 3 is 3.06 bits per heavy atom. The van der Waals surface area contributed by atoms with Crippen molar-refractivity contribution in [3.05, 3.63) is 28.4 Å². The molecule has 5 nitrogen and oxygen atoms in total. The third-order valence-electron chi connectivity index (χ3n) is 2.77. The van der Waals surface area contributed by atoms with Gasteiger partial charge in [0, 0.05) is 30.0 Å². The molecule has 0 spiro atoms. The summed E-state index contributed by atoms with van der Waals surface area (Å²) in [6.45, 7) is 1.41. The molecule has 0 aliphatic rings. The molecular weight excluding hydrogens is 296 g/mol. The second-order valence-corrected chi connectivity index (χ2v) is 5.01. The van der Waals surface area contributed by atoms with Crippen LogP contribution in [0, 0.1) is 0 Å². The fourth-order valence-electron chi connectivity index (χ4n) is 1.71. The van der Waals surface area contributed by atoms with Crippen LogP contribution in [-0.2, 0) is 0 Å². The summed E-state index contributed by atoms with van der Waals surface area (Å²) in [6, 6.07) is 5.72. The van der Waals surface area contributed by atoms with Crippen LogP contribution in [0.25, 0.3) is 10.9 Å². The van der Waals surface area contributed by atoms with Crippen LogP contribution in [0.2, 0.25) is 0 Å². The monoisotopic (exact) mass is 310 g/mol. The van der Waals surface area contributed by atoms with E-state index in [1.165, 1.54) is 0 Å². The van der Waals surface area contributed by atoms with Crippen molar-refractivity contribution in [2.45, 2.75) is 0 Å². The normalized spacial score (nSPS) is 10.8. The summed E-state index contributed by atoms with van der Waals surface area (Å²) < 4.78 is 0.934. The number of hydrogen-bond acceptors (Lipinski definition) is 3. The first-order valence-corrected chi connectivity index (χ1v) is 6.46. The summed E-state index contributed by atoms with van der Waals surface area (Å²) in [5, 5.41) is 10.8. The first-order chi connectivity index (χ1) is 8.63. The van der Waals surface area contributed by atoms with Gasteiger partial charge in [-0.15, -0.1) is 0 Å². The van der Waals surface area contributed by atoms with E-state index >= 15 is 0 Å². The fourth-order valence-corrected chi connectivity index (χ4v) is 2.07. The van der Waals surface area contributed by atoms with E-state index in [0.29, 0.717) is 12.2 Å². The number of nitrogens with one attached hydrogen (secondary N) is 2. The molecule has 0 saturated heterocycles. The summed E-state index contributed by atoms with van der Waals surface area (Å²) in [6.07, 6.45) is 0. The van der Waals surface area contributed by atoms with E-state index in [9.17, 15) is 4.79 Å². The fraction of sp³-hybridized carbons (Fsp3) is 0.333. The van der Waals surface area contributed by atoms with Crippen LogP contribution in [0.5, 0.6) is 0 Å². The number of carbonyl (C=O) groups excluding carboxylic acids is 1. The van der Waals surface area contributed by atoms with E-state index < -0.39 is 0 Å². The van der Waals surface area contributed by atoms with Crippen LogP contribution in [0.3, 0.4) is 0 Å². The molecule has 18 heavy (non-hydrogen) atoms. The largest absolute Gasteiger partial charge is 0.339 e. The van der Waals surface area contributed by atoms with Crippen LogP contribution in [0.15, 0.2) is 22.7 Å². The number of hydrogen-bond donors (Lipinski definition) is 2. The lowest BCUT2D eigenvalue weighted by Crippen LogP contribution is -2.33. The van der Waals surface area contributed by atoms with E-state index in [0.717, 1.165) is 21.9 Å². The Labute approximate surface area is 114 Å².